The Balaban J connectivity index is 2.03. The van der Waals surface area contributed by atoms with Gasteiger partial charge in [0.25, 0.3) is 0 Å². The van der Waals surface area contributed by atoms with Gasteiger partial charge < -0.3 is 10.1 Å². The van der Waals surface area contributed by atoms with Gasteiger partial charge in [0.15, 0.2) is 0 Å². The number of nitrogens with one attached hydrogen (secondary N) is 1. The summed E-state index contributed by atoms with van der Waals surface area (Å²) in [6.07, 6.45) is 2.86. The Morgan fingerprint density at radius 3 is 2.76 bits per heavy atom. The topological polar surface area (TPSA) is 62.1 Å². The number of rotatable bonds is 3. The molecule has 1 saturated carbocycles. The highest BCUT2D eigenvalue weighted by molar-refractivity contribution is 5.82. The van der Waals surface area contributed by atoms with Gasteiger partial charge in [-0.25, -0.2) is 0 Å². The lowest BCUT2D eigenvalue weighted by atomic mass is 9.98. The molecule has 0 spiro atoms. The summed E-state index contributed by atoms with van der Waals surface area (Å²) in [5.74, 6) is -0.284. The predicted molar refractivity (Wildman–Crippen MR) is 62.9 cm³/mol. The molecule has 1 aliphatic heterocycles. The number of hydrogen-bond acceptors (Lipinski definition) is 3. The number of hydrogen-bond donors (Lipinski definition) is 1. The van der Waals surface area contributed by atoms with Gasteiger partial charge in [0.05, 0.1) is 18.1 Å². The molecule has 2 fully saturated rings. The van der Waals surface area contributed by atoms with E-state index in [0.29, 0.717) is 19.4 Å². The van der Waals surface area contributed by atoms with Crippen molar-refractivity contribution in [3.05, 3.63) is 12.7 Å². The maximum Gasteiger partial charge on any atom is 0.227 e. The van der Waals surface area contributed by atoms with Crippen LogP contribution in [0.15, 0.2) is 12.7 Å². The van der Waals surface area contributed by atoms with Gasteiger partial charge in [0.1, 0.15) is 5.54 Å². The first-order chi connectivity index (χ1) is 7.96. The molecule has 1 heterocycles. The first-order valence-corrected chi connectivity index (χ1v) is 5.93. The minimum absolute atomic E-state index is 0.0838. The van der Waals surface area contributed by atoms with Crippen molar-refractivity contribution in [3.8, 4) is 6.07 Å². The summed E-state index contributed by atoms with van der Waals surface area (Å²) < 4.78 is 5.39. The monoisotopic (exact) mass is 234 g/mol. The minimum Gasteiger partial charge on any atom is -0.373 e. The van der Waals surface area contributed by atoms with Gasteiger partial charge in [0, 0.05) is 12.0 Å². The molecule has 1 aliphatic carbocycles. The van der Waals surface area contributed by atoms with Gasteiger partial charge in [0.2, 0.25) is 5.91 Å². The van der Waals surface area contributed by atoms with Crippen molar-refractivity contribution in [2.24, 2.45) is 11.3 Å². The van der Waals surface area contributed by atoms with Crippen LogP contribution < -0.4 is 5.32 Å². The molecule has 4 heteroatoms. The fraction of sp³-hybridized carbons (Fsp3) is 0.692. The van der Waals surface area contributed by atoms with Crippen LogP contribution in [0.4, 0.5) is 0 Å². The van der Waals surface area contributed by atoms with Crippen molar-refractivity contribution in [1.82, 2.24) is 5.32 Å². The van der Waals surface area contributed by atoms with Gasteiger partial charge in [-0.05, 0) is 12.8 Å². The minimum atomic E-state index is -0.682. The van der Waals surface area contributed by atoms with Crippen molar-refractivity contribution in [2.45, 2.75) is 38.3 Å². The van der Waals surface area contributed by atoms with Gasteiger partial charge in [-0.1, -0.05) is 19.9 Å². The zero-order valence-electron chi connectivity index (χ0n) is 10.3. The fourth-order valence-corrected chi connectivity index (χ4v) is 2.48. The Morgan fingerprint density at radius 1 is 1.65 bits per heavy atom. The Hall–Kier alpha value is -1.34. The molecule has 1 unspecified atom stereocenters. The molecule has 1 saturated heterocycles. The summed E-state index contributed by atoms with van der Waals surface area (Å²) in [5.41, 5.74) is -0.807. The smallest absolute Gasteiger partial charge is 0.227 e. The number of nitrogens with zero attached hydrogens (tertiary/aromatic N) is 1. The third-order valence-electron chi connectivity index (χ3n) is 3.97. The SMILES string of the molecule is C=C[C@@H]1OCC[C@H]1C(=O)NC1(C#N)CC1(C)C. The van der Waals surface area contributed by atoms with Crippen LogP contribution in [0.3, 0.4) is 0 Å². The Labute approximate surface area is 102 Å². The van der Waals surface area contributed by atoms with E-state index in [1.807, 2.05) is 13.8 Å². The quantitative estimate of drug-likeness (QED) is 0.750. The lowest BCUT2D eigenvalue weighted by Gasteiger charge is -2.19. The lowest BCUT2D eigenvalue weighted by Crippen LogP contribution is -2.44. The third kappa shape index (κ3) is 1.85. The first-order valence-electron chi connectivity index (χ1n) is 5.93. The van der Waals surface area contributed by atoms with Crippen LogP contribution in [-0.4, -0.2) is 24.2 Å². The van der Waals surface area contributed by atoms with Gasteiger partial charge in [-0.3, -0.25) is 4.79 Å². The molecule has 3 atom stereocenters. The fourth-order valence-electron chi connectivity index (χ4n) is 2.48. The van der Waals surface area contributed by atoms with Crippen LogP contribution in [0.2, 0.25) is 0 Å². The summed E-state index contributed by atoms with van der Waals surface area (Å²) in [4.78, 5) is 12.1. The molecule has 4 nitrogen and oxygen atoms in total. The Morgan fingerprint density at radius 2 is 2.29 bits per heavy atom. The molecule has 0 aromatic carbocycles. The van der Waals surface area contributed by atoms with Crippen molar-refractivity contribution < 1.29 is 9.53 Å². The van der Waals surface area contributed by atoms with E-state index in [9.17, 15) is 10.1 Å². The van der Waals surface area contributed by atoms with Gasteiger partial charge in [-0.2, -0.15) is 5.26 Å². The van der Waals surface area contributed by atoms with Crippen LogP contribution >= 0.6 is 0 Å². The van der Waals surface area contributed by atoms with Crippen LogP contribution in [0, 0.1) is 22.7 Å². The van der Waals surface area contributed by atoms with Crippen molar-refractivity contribution in [2.75, 3.05) is 6.61 Å². The highest BCUT2D eigenvalue weighted by Gasteiger charge is 2.63. The van der Waals surface area contributed by atoms with Gasteiger partial charge in [-0.15, -0.1) is 6.58 Å². The van der Waals surface area contributed by atoms with Crippen LogP contribution in [0.5, 0.6) is 0 Å². The average Bonchev–Trinajstić information content (AvgIpc) is 2.69. The van der Waals surface area contributed by atoms with Crippen LogP contribution in [0.25, 0.3) is 0 Å². The summed E-state index contributed by atoms with van der Waals surface area (Å²) in [5, 5.41) is 12.1. The molecular formula is C13H18N2O2. The molecule has 17 heavy (non-hydrogen) atoms. The summed E-state index contributed by atoms with van der Waals surface area (Å²) in [6.45, 7) is 8.23. The number of ether oxygens (including phenoxy) is 1. The lowest BCUT2D eigenvalue weighted by molar-refractivity contribution is -0.126. The average molecular weight is 234 g/mol. The van der Waals surface area contributed by atoms with E-state index in [0.717, 1.165) is 0 Å². The molecule has 0 aromatic rings. The van der Waals surface area contributed by atoms with E-state index in [-0.39, 0.29) is 23.3 Å². The maximum atomic E-state index is 12.1. The molecule has 1 amide bonds. The van der Waals surface area contributed by atoms with Gasteiger partial charge >= 0.3 is 0 Å². The normalized spacial score (nSPS) is 38.2. The van der Waals surface area contributed by atoms with E-state index in [1.54, 1.807) is 6.08 Å². The van der Waals surface area contributed by atoms with Crippen molar-refractivity contribution in [1.29, 1.82) is 5.26 Å². The Bertz CT molecular complexity index is 397. The second-order valence-corrected chi connectivity index (χ2v) is 5.53. The van der Waals surface area contributed by atoms with Crippen LogP contribution in [0.1, 0.15) is 26.7 Å². The maximum absolute atomic E-state index is 12.1. The number of amides is 1. The standard InChI is InChI=1S/C13H18N2O2/c1-4-10-9(5-6-17-10)11(16)15-13(8-14)7-12(13,2)3/h4,9-10H,1,5-7H2,2-3H3,(H,15,16)/t9-,10+,13?/m1/s1. The molecule has 2 aliphatic rings. The molecular weight excluding hydrogens is 216 g/mol. The summed E-state index contributed by atoms with van der Waals surface area (Å²) >= 11 is 0. The molecule has 0 radical (unpaired) electrons. The summed E-state index contributed by atoms with van der Waals surface area (Å²) in [7, 11) is 0. The van der Waals surface area contributed by atoms with E-state index < -0.39 is 5.54 Å². The predicted octanol–water partition coefficient (Wildman–Crippen LogP) is 1.39. The number of carbonyl (C=O) groups excluding carboxylic acids is 1. The number of nitriles is 1. The first kappa shape index (κ1) is 12.1. The largest absolute Gasteiger partial charge is 0.373 e. The van der Waals surface area contributed by atoms with E-state index in [1.165, 1.54) is 0 Å². The van der Waals surface area contributed by atoms with E-state index in [2.05, 4.69) is 18.0 Å². The highest BCUT2D eigenvalue weighted by Crippen LogP contribution is 2.55. The number of carbonyl (C=O) groups is 1. The zero-order valence-corrected chi connectivity index (χ0v) is 10.3. The Kier molecular flexibility index (Phi) is 2.75. The summed E-state index contributed by atoms with van der Waals surface area (Å²) in [6, 6.07) is 2.23. The van der Waals surface area contributed by atoms with E-state index in [4.69, 9.17) is 4.74 Å². The highest BCUT2D eigenvalue weighted by atomic mass is 16.5. The molecule has 2 rings (SSSR count). The molecule has 0 aromatic heterocycles. The second-order valence-electron chi connectivity index (χ2n) is 5.53. The van der Waals surface area contributed by atoms with E-state index >= 15 is 0 Å². The van der Waals surface area contributed by atoms with Crippen LogP contribution in [-0.2, 0) is 9.53 Å². The molecule has 0 bridgehead atoms. The van der Waals surface area contributed by atoms with Crippen molar-refractivity contribution >= 4 is 5.91 Å². The zero-order chi connectivity index (χ0) is 12.7. The molecule has 1 N–H and O–H groups in total. The molecule has 92 valence electrons. The van der Waals surface area contributed by atoms with Crippen molar-refractivity contribution in [3.63, 3.8) is 0 Å². The second kappa shape index (κ2) is 3.85. The third-order valence-corrected chi connectivity index (χ3v) is 3.97.